The molecule has 0 aromatic carbocycles. The lowest BCUT2D eigenvalue weighted by Gasteiger charge is -2.34. The summed E-state index contributed by atoms with van der Waals surface area (Å²) in [5, 5.41) is 0. The maximum Gasteiger partial charge on any atom is 0.0468 e. The smallest absolute Gasteiger partial charge is 0.0468 e. The minimum atomic E-state index is 0.945. The summed E-state index contributed by atoms with van der Waals surface area (Å²) in [7, 11) is 0. The van der Waals surface area contributed by atoms with Gasteiger partial charge in [0, 0.05) is 39.4 Å². The number of hydrogen-bond donors (Lipinski definition) is 0. The standard InChI is InChI=1S/C15H30N2O/c1-2-7-16-9-11-17(12-10-16)8-3-4-15-5-13-18-14-6-15/h15H,2-14H2,1H3. The fraction of sp³-hybridized carbons (Fsp3) is 1.00. The van der Waals surface area contributed by atoms with Gasteiger partial charge >= 0.3 is 0 Å². The van der Waals surface area contributed by atoms with Crippen molar-refractivity contribution in [2.75, 3.05) is 52.5 Å². The van der Waals surface area contributed by atoms with E-state index in [-0.39, 0.29) is 0 Å². The summed E-state index contributed by atoms with van der Waals surface area (Å²) in [5.41, 5.74) is 0. The maximum atomic E-state index is 5.41. The first-order valence-corrected chi connectivity index (χ1v) is 7.91. The summed E-state index contributed by atoms with van der Waals surface area (Å²) in [6.07, 6.45) is 6.69. The van der Waals surface area contributed by atoms with Crippen LogP contribution in [0.4, 0.5) is 0 Å². The minimum Gasteiger partial charge on any atom is -0.381 e. The van der Waals surface area contributed by atoms with E-state index in [0.717, 1.165) is 19.1 Å². The van der Waals surface area contributed by atoms with Crippen LogP contribution in [0.25, 0.3) is 0 Å². The molecule has 3 heteroatoms. The highest BCUT2D eigenvalue weighted by Gasteiger charge is 2.17. The lowest BCUT2D eigenvalue weighted by atomic mass is 9.95. The molecular weight excluding hydrogens is 224 g/mol. The van der Waals surface area contributed by atoms with E-state index in [2.05, 4.69) is 16.7 Å². The number of rotatable bonds is 6. The van der Waals surface area contributed by atoms with Gasteiger partial charge in [-0.2, -0.15) is 0 Å². The molecule has 0 atom stereocenters. The van der Waals surface area contributed by atoms with Gasteiger partial charge in [0.05, 0.1) is 0 Å². The molecule has 3 nitrogen and oxygen atoms in total. The minimum absolute atomic E-state index is 0.945. The Kier molecular flexibility index (Phi) is 6.46. The molecule has 0 aromatic rings. The molecule has 2 rings (SSSR count). The molecule has 0 N–H and O–H groups in total. The highest BCUT2D eigenvalue weighted by Crippen LogP contribution is 2.20. The van der Waals surface area contributed by atoms with Gasteiger partial charge in [0.25, 0.3) is 0 Å². The van der Waals surface area contributed by atoms with Gasteiger partial charge in [-0.3, -0.25) is 0 Å². The Labute approximate surface area is 112 Å². The van der Waals surface area contributed by atoms with Crippen LogP contribution in [-0.2, 0) is 4.74 Å². The van der Waals surface area contributed by atoms with Crippen LogP contribution in [0.15, 0.2) is 0 Å². The van der Waals surface area contributed by atoms with Crippen molar-refractivity contribution in [1.82, 2.24) is 9.80 Å². The zero-order valence-corrected chi connectivity index (χ0v) is 12.1. The highest BCUT2D eigenvalue weighted by atomic mass is 16.5. The highest BCUT2D eigenvalue weighted by molar-refractivity contribution is 4.72. The molecular formula is C15H30N2O. The van der Waals surface area contributed by atoms with Crippen molar-refractivity contribution in [3.63, 3.8) is 0 Å². The summed E-state index contributed by atoms with van der Waals surface area (Å²) in [6, 6.07) is 0. The molecule has 2 fully saturated rings. The van der Waals surface area contributed by atoms with E-state index in [1.807, 2.05) is 0 Å². The lowest BCUT2D eigenvalue weighted by molar-refractivity contribution is 0.0611. The first kappa shape index (κ1) is 14.3. The Balaban J connectivity index is 1.52. The van der Waals surface area contributed by atoms with E-state index in [9.17, 15) is 0 Å². The third kappa shape index (κ3) is 4.87. The molecule has 18 heavy (non-hydrogen) atoms. The quantitative estimate of drug-likeness (QED) is 0.723. The van der Waals surface area contributed by atoms with Gasteiger partial charge < -0.3 is 14.5 Å². The normalized spacial score (nSPS) is 24.5. The third-order valence-electron chi connectivity index (χ3n) is 4.43. The van der Waals surface area contributed by atoms with Crippen molar-refractivity contribution in [2.24, 2.45) is 5.92 Å². The van der Waals surface area contributed by atoms with E-state index >= 15 is 0 Å². The van der Waals surface area contributed by atoms with E-state index in [4.69, 9.17) is 4.74 Å². The van der Waals surface area contributed by atoms with Crippen LogP contribution in [-0.4, -0.2) is 62.3 Å². The molecule has 0 radical (unpaired) electrons. The van der Waals surface area contributed by atoms with Crippen molar-refractivity contribution >= 4 is 0 Å². The van der Waals surface area contributed by atoms with Gasteiger partial charge in [-0.15, -0.1) is 0 Å². The van der Waals surface area contributed by atoms with Gasteiger partial charge in [-0.25, -0.2) is 0 Å². The molecule has 0 saturated carbocycles. The van der Waals surface area contributed by atoms with E-state index in [1.54, 1.807) is 0 Å². The molecule has 0 aliphatic carbocycles. The fourth-order valence-electron chi connectivity index (χ4n) is 3.19. The van der Waals surface area contributed by atoms with E-state index < -0.39 is 0 Å². The molecule has 2 aliphatic rings. The Morgan fingerprint density at radius 2 is 1.56 bits per heavy atom. The summed E-state index contributed by atoms with van der Waals surface area (Å²) >= 11 is 0. The van der Waals surface area contributed by atoms with Crippen LogP contribution in [0.3, 0.4) is 0 Å². The predicted molar refractivity (Wildman–Crippen MR) is 75.9 cm³/mol. The van der Waals surface area contributed by atoms with Gasteiger partial charge in [0.1, 0.15) is 0 Å². The molecule has 2 aliphatic heterocycles. The van der Waals surface area contributed by atoms with Crippen LogP contribution in [0.1, 0.15) is 39.0 Å². The topological polar surface area (TPSA) is 15.7 Å². The Morgan fingerprint density at radius 1 is 0.944 bits per heavy atom. The largest absolute Gasteiger partial charge is 0.381 e. The lowest BCUT2D eigenvalue weighted by Crippen LogP contribution is -2.46. The van der Waals surface area contributed by atoms with Crippen molar-refractivity contribution in [1.29, 1.82) is 0 Å². The first-order valence-electron chi connectivity index (χ1n) is 7.91. The molecule has 0 aromatic heterocycles. The maximum absolute atomic E-state index is 5.41. The average Bonchev–Trinajstić information content (AvgIpc) is 2.42. The van der Waals surface area contributed by atoms with Gasteiger partial charge in [-0.1, -0.05) is 6.92 Å². The zero-order chi connectivity index (χ0) is 12.6. The summed E-state index contributed by atoms with van der Waals surface area (Å²) in [5.74, 6) is 0.945. The van der Waals surface area contributed by atoms with Gasteiger partial charge in [-0.05, 0) is 51.1 Å². The average molecular weight is 254 g/mol. The number of nitrogens with zero attached hydrogens (tertiary/aromatic N) is 2. The van der Waals surface area contributed by atoms with Crippen LogP contribution in [0.5, 0.6) is 0 Å². The molecule has 0 bridgehead atoms. The zero-order valence-electron chi connectivity index (χ0n) is 12.1. The van der Waals surface area contributed by atoms with Gasteiger partial charge in [0.15, 0.2) is 0 Å². The van der Waals surface area contributed by atoms with Gasteiger partial charge in [0.2, 0.25) is 0 Å². The van der Waals surface area contributed by atoms with Crippen molar-refractivity contribution in [3.05, 3.63) is 0 Å². The van der Waals surface area contributed by atoms with E-state index in [1.165, 1.54) is 71.4 Å². The van der Waals surface area contributed by atoms with Crippen molar-refractivity contribution in [2.45, 2.75) is 39.0 Å². The SMILES string of the molecule is CCCN1CCN(CCCC2CCOCC2)CC1. The third-order valence-corrected chi connectivity index (χ3v) is 4.43. The first-order chi connectivity index (χ1) is 8.88. The fourth-order valence-corrected chi connectivity index (χ4v) is 3.19. The second-order valence-corrected chi connectivity index (χ2v) is 5.88. The monoisotopic (exact) mass is 254 g/mol. The Morgan fingerprint density at radius 3 is 2.17 bits per heavy atom. The number of hydrogen-bond acceptors (Lipinski definition) is 3. The molecule has 0 unspecified atom stereocenters. The van der Waals surface area contributed by atoms with Crippen LogP contribution in [0, 0.1) is 5.92 Å². The second kappa shape index (κ2) is 8.13. The Bertz CT molecular complexity index is 209. The summed E-state index contributed by atoms with van der Waals surface area (Å²) < 4.78 is 5.41. The summed E-state index contributed by atoms with van der Waals surface area (Å²) in [4.78, 5) is 5.26. The molecule has 0 spiro atoms. The van der Waals surface area contributed by atoms with Crippen molar-refractivity contribution in [3.8, 4) is 0 Å². The van der Waals surface area contributed by atoms with E-state index in [0.29, 0.717) is 0 Å². The number of ether oxygens (including phenoxy) is 1. The second-order valence-electron chi connectivity index (χ2n) is 5.88. The molecule has 106 valence electrons. The molecule has 2 heterocycles. The van der Waals surface area contributed by atoms with Crippen LogP contribution < -0.4 is 0 Å². The Hall–Kier alpha value is -0.120. The summed E-state index contributed by atoms with van der Waals surface area (Å²) in [6.45, 7) is 12.0. The molecule has 0 amide bonds. The van der Waals surface area contributed by atoms with Crippen LogP contribution >= 0.6 is 0 Å². The molecule has 2 saturated heterocycles. The van der Waals surface area contributed by atoms with Crippen molar-refractivity contribution < 1.29 is 4.74 Å². The number of piperazine rings is 1. The predicted octanol–water partition coefficient (Wildman–Crippen LogP) is 2.22. The van der Waals surface area contributed by atoms with Crippen LogP contribution in [0.2, 0.25) is 0 Å².